The maximum Gasteiger partial charge on any atom is 0.248 e. The van der Waals surface area contributed by atoms with Gasteiger partial charge in [0, 0.05) is 11.8 Å². The summed E-state index contributed by atoms with van der Waals surface area (Å²) in [7, 11) is 0. The molecule has 0 aliphatic rings. The minimum atomic E-state index is -0.218. The lowest BCUT2D eigenvalue weighted by Crippen LogP contribution is -2.03. The van der Waals surface area contributed by atoms with E-state index in [1.165, 1.54) is 12.1 Å². The van der Waals surface area contributed by atoms with E-state index in [4.69, 9.17) is 0 Å². The summed E-state index contributed by atoms with van der Waals surface area (Å²) in [5.41, 5.74) is 0.562. The van der Waals surface area contributed by atoms with E-state index in [9.17, 15) is 9.70 Å². The highest BCUT2D eigenvalue weighted by Gasteiger charge is 1.95. The zero-order chi connectivity index (χ0) is 7.56. The lowest BCUT2D eigenvalue weighted by Gasteiger charge is -1.91. The van der Waals surface area contributed by atoms with Gasteiger partial charge in [0.1, 0.15) is 5.69 Å². The van der Waals surface area contributed by atoms with Crippen molar-refractivity contribution in [2.45, 2.75) is 6.92 Å². The van der Waals surface area contributed by atoms with Gasteiger partial charge in [-0.1, -0.05) is 0 Å². The molecule has 0 aliphatic heterocycles. The number of hydrogen-bond donors (Lipinski definition) is 1. The van der Waals surface area contributed by atoms with Crippen molar-refractivity contribution in [2.24, 2.45) is 5.18 Å². The number of pyridine rings is 1. The molecular formula is C6H6N2O2. The molecular weight excluding hydrogens is 132 g/mol. The van der Waals surface area contributed by atoms with Gasteiger partial charge in [0.05, 0.1) is 0 Å². The van der Waals surface area contributed by atoms with Crippen LogP contribution < -0.4 is 5.56 Å². The number of hydrogen-bond acceptors (Lipinski definition) is 3. The van der Waals surface area contributed by atoms with Gasteiger partial charge < -0.3 is 4.98 Å². The van der Waals surface area contributed by atoms with Crippen molar-refractivity contribution in [3.63, 3.8) is 0 Å². The highest BCUT2D eigenvalue weighted by Crippen LogP contribution is 2.11. The SMILES string of the molecule is Cc1[nH]c(=O)ccc1N=O. The number of aromatic nitrogens is 1. The third-order valence-electron chi connectivity index (χ3n) is 1.19. The molecule has 0 fully saturated rings. The van der Waals surface area contributed by atoms with E-state index in [1.807, 2.05) is 0 Å². The average molecular weight is 138 g/mol. The van der Waals surface area contributed by atoms with E-state index in [1.54, 1.807) is 6.92 Å². The normalized spacial score (nSPS) is 9.30. The van der Waals surface area contributed by atoms with Gasteiger partial charge in [-0.15, -0.1) is 4.91 Å². The number of aromatic amines is 1. The summed E-state index contributed by atoms with van der Waals surface area (Å²) >= 11 is 0. The number of H-pyrrole nitrogens is 1. The Morgan fingerprint density at radius 2 is 2.20 bits per heavy atom. The zero-order valence-electron chi connectivity index (χ0n) is 5.42. The van der Waals surface area contributed by atoms with E-state index in [2.05, 4.69) is 10.2 Å². The first-order valence-electron chi connectivity index (χ1n) is 2.77. The van der Waals surface area contributed by atoms with Crippen LogP contribution in [-0.2, 0) is 0 Å². The molecule has 1 rings (SSSR count). The highest BCUT2D eigenvalue weighted by atomic mass is 16.3. The molecule has 0 aliphatic carbocycles. The maximum absolute atomic E-state index is 10.6. The first kappa shape index (κ1) is 6.67. The molecule has 1 heterocycles. The van der Waals surface area contributed by atoms with Gasteiger partial charge in [-0.25, -0.2) is 0 Å². The molecule has 0 saturated heterocycles. The number of rotatable bonds is 1. The summed E-state index contributed by atoms with van der Waals surface area (Å²) in [4.78, 5) is 23.0. The van der Waals surface area contributed by atoms with Crippen molar-refractivity contribution in [1.82, 2.24) is 4.98 Å². The Labute approximate surface area is 56.9 Å². The summed E-state index contributed by atoms with van der Waals surface area (Å²) in [5, 5.41) is 2.69. The molecule has 4 heteroatoms. The van der Waals surface area contributed by atoms with Crippen LogP contribution in [0.5, 0.6) is 0 Å². The Morgan fingerprint density at radius 1 is 1.50 bits per heavy atom. The fourth-order valence-electron chi connectivity index (χ4n) is 0.669. The predicted molar refractivity (Wildman–Crippen MR) is 37.3 cm³/mol. The Kier molecular flexibility index (Phi) is 1.62. The van der Waals surface area contributed by atoms with Crippen LogP contribution in [0.1, 0.15) is 5.69 Å². The van der Waals surface area contributed by atoms with Crippen molar-refractivity contribution >= 4 is 5.69 Å². The smallest absolute Gasteiger partial charge is 0.248 e. The molecule has 1 aromatic heterocycles. The average Bonchev–Trinajstić information content (AvgIpc) is 1.88. The monoisotopic (exact) mass is 138 g/mol. The fraction of sp³-hybridized carbons (Fsp3) is 0.167. The van der Waals surface area contributed by atoms with Gasteiger partial charge in [0.15, 0.2) is 0 Å². The van der Waals surface area contributed by atoms with Crippen LogP contribution in [0.2, 0.25) is 0 Å². The van der Waals surface area contributed by atoms with Crippen LogP contribution in [0.15, 0.2) is 22.1 Å². The van der Waals surface area contributed by atoms with Gasteiger partial charge in [-0.05, 0) is 18.2 Å². The van der Waals surface area contributed by atoms with Gasteiger partial charge in [-0.3, -0.25) is 4.79 Å². The van der Waals surface area contributed by atoms with E-state index >= 15 is 0 Å². The molecule has 0 aromatic carbocycles. The fourth-order valence-corrected chi connectivity index (χ4v) is 0.669. The number of nitrogens with zero attached hydrogens (tertiary/aromatic N) is 1. The zero-order valence-corrected chi connectivity index (χ0v) is 5.42. The summed E-state index contributed by atoms with van der Waals surface area (Å²) in [5.74, 6) is 0. The second-order valence-electron chi connectivity index (χ2n) is 1.92. The standard InChI is InChI=1S/C6H6N2O2/c1-4-5(8-10)2-3-6(9)7-4/h2-3H,1H3,(H,7,9). The maximum atomic E-state index is 10.6. The molecule has 0 saturated carbocycles. The van der Waals surface area contributed by atoms with Crippen molar-refractivity contribution in [3.8, 4) is 0 Å². The van der Waals surface area contributed by atoms with Gasteiger partial charge in [0.2, 0.25) is 5.56 Å². The number of nitrogens with one attached hydrogen (secondary N) is 1. The first-order chi connectivity index (χ1) is 4.74. The summed E-state index contributed by atoms with van der Waals surface area (Å²) < 4.78 is 0. The minimum absolute atomic E-state index is 0.218. The molecule has 0 amide bonds. The molecule has 0 unspecified atom stereocenters. The van der Waals surface area contributed by atoms with Crippen LogP contribution in [0.25, 0.3) is 0 Å². The second-order valence-corrected chi connectivity index (χ2v) is 1.92. The lowest BCUT2D eigenvalue weighted by atomic mass is 10.3. The molecule has 10 heavy (non-hydrogen) atoms. The Morgan fingerprint density at radius 3 is 2.70 bits per heavy atom. The van der Waals surface area contributed by atoms with Crippen LogP contribution in [0.3, 0.4) is 0 Å². The van der Waals surface area contributed by atoms with Crippen molar-refractivity contribution in [1.29, 1.82) is 0 Å². The van der Waals surface area contributed by atoms with Crippen LogP contribution >= 0.6 is 0 Å². The molecule has 52 valence electrons. The Balaban J connectivity index is 3.32. The Bertz CT molecular complexity index is 303. The van der Waals surface area contributed by atoms with E-state index in [0.29, 0.717) is 5.69 Å². The summed E-state index contributed by atoms with van der Waals surface area (Å²) in [6, 6.07) is 2.66. The highest BCUT2D eigenvalue weighted by molar-refractivity contribution is 5.39. The molecule has 0 atom stereocenters. The molecule has 1 aromatic rings. The number of aryl methyl sites for hydroxylation is 1. The second kappa shape index (κ2) is 2.43. The summed E-state index contributed by atoms with van der Waals surface area (Å²) in [6.07, 6.45) is 0. The van der Waals surface area contributed by atoms with Crippen molar-refractivity contribution in [2.75, 3.05) is 0 Å². The Hall–Kier alpha value is -1.45. The van der Waals surface area contributed by atoms with E-state index < -0.39 is 0 Å². The third-order valence-corrected chi connectivity index (χ3v) is 1.19. The minimum Gasteiger partial charge on any atom is -0.324 e. The van der Waals surface area contributed by atoms with Crippen LogP contribution in [-0.4, -0.2) is 4.98 Å². The molecule has 1 N–H and O–H groups in total. The first-order valence-corrected chi connectivity index (χ1v) is 2.77. The van der Waals surface area contributed by atoms with Gasteiger partial charge in [0.25, 0.3) is 0 Å². The van der Waals surface area contributed by atoms with Gasteiger partial charge >= 0.3 is 0 Å². The van der Waals surface area contributed by atoms with Crippen LogP contribution in [0, 0.1) is 11.8 Å². The topological polar surface area (TPSA) is 62.3 Å². The number of nitroso groups, excluding NO2 is 1. The van der Waals surface area contributed by atoms with Crippen molar-refractivity contribution < 1.29 is 0 Å². The largest absolute Gasteiger partial charge is 0.324 e. The lowest BCUT2D eigenvalue weighted by molar-refractivity contribution is 1.13. The summed E-state index contributed by atoms with van der Waals surface area (Å²) in [6.45, 7) is 1.62. The molecule has 0 spiro atoms. The predicted octanol–water partition coefficient (Wildman–Crippen LogP) is 1.08. The third kappa shape index (κ3) is 1.10. The van der Waals surface area contributed by atoms with Gasteiger partial charge in [-0.2, -0.15) is 0 Å². The van der Waals surface area contributed by atoms with Crippen molar-refractivity contribution in [3.05, 3.63) is 33.1 Å². The quantitative estimate of drug-likeness (QED) is 0.590. The molecule has 0 bridgehead atoms. The van der Waals surface area contributed by atoms with Crippen LogP contribution in [0.4, 0.5) is 5.69 Å². The van der Waals surface area contributed by atoms with E-state index in [0.717, 1.165) is 0 Å². The van der Waals surface area contributed by atoms with E-state index in [-0.39, 0.29) is 11.2 Å². The molecule has 4 nitrogen and oxygen atoms in total. The molecule has 0 radical (unpaired) electrons.